The quantitative estimate of drug-likeness (QED) is 0.919. The molecule has 1 aliphatic rings. The van der Waals surface area contributed by atoms with Gasteiger partial charge in [0.25, 0.3) is 0 Å². The average molecular weight is 336 g/mol. The minimum atomic E-state index is -4.10. The van der Waals surface area contributed by atoms with Crippen LogP contribution < -0.4 is 0 Å². The Bertz CT molecular complexity index is 664. The number of aliphatic carboxylic acids is 1. The van der Waals surface area contributed by atoms with Crippen molar-refractivity contribution in [3.8, 4) is 0 Å². The van der Waals surface area contributed by atoms with Gasteiger partial charge in [0.15, 0.2) is 5.82 Å². The lowest BCUT2D eigenvalue weighted by Crippen LogP contribution is -2.45. The molecule has 8 heteroatoms. The van der Waals surface area contributed by atoms with Crippen LogP contribution >= 0.6 is 11.6 Å². The summed E-state index contributed by atoms with van der Waals surface area (Å²) in [7, 11) is -4.10. The monoisotopic (exact) mass is 335 g/mol. The van der Waals surface area contributed by atoms with Crippen molar-refractivity contribution < 1.29 is 22.7 Å². The van der Waals surface area contributed by atoms with Gasteiger partial charge in [0.05, 0.1) is 10.9 Å². The van der Waals surface area contributed by atoms with Crippen LogP contribution in [0.3, 0.4) is 0 Å². The molecule has 2 rings (SSSR count). The van der Waals surface area contributed by atoms with Gasteiger partial charge in [-0.05, 0) is 24.5 Å². The molecule has 0 bridgehead atoms. The lowest BCUT2D eigenvalue weighted by molar-refractivity contribution is -0.143. The highest BCUT2D eigenvalue weighted by Gasteiger charge is 2.37. The number of rotatable bonds is 3. The van der Waals surface area contributed by atoms with Crippen LogP contribution in [0.25, 0.3) is 0 Å². The fourth-order valence-corrected chi connectivity index (χ4v) is 4.42. The van der Waals surface area contributed by atoms with E-state index in [-0.39, 0.29) is 24.0 Å². The summed E-state index contributed by atoms with van der Waals surface area (Å²) >= 11 is 5.61. The van der Waals surface area contributed by atoms with Gasteiger partial charge in [0, 0.05) is 13.1 Å². The molecule has 5 nitrogen and oxygen atoms in total. The Morgan fingerprint density at radius 2 is 2.10 bits per heavy atom. The zero-order valence-electron chi connectivity index (χ0n) is 11.3. The summed E-state index contributed by atoms with van der Waals surface area (Å²) in [5, 5.41) is 8.81. The molecule has 116 valence electrons. The molecule has 0 amide bonds. The molecule has 1 saturated heterocycles. The minimum absolute atomic E-state index is 0.114. The van der Waals surface area contributed by atoms with Crippen molar-refractivity contribution in [3.63, 3.8) is 0 Å². The largest absolute Gasteiger partial charge is 0.481 e. The summed E-state index contributed by atoms with van der Waals surface area (Å²) in [5.41, 5.74) is 0. The summed E-state index contributed by atoms with van der Waals surface area (Å²) in [4.78, 5) is 10.6. The molecule has 0 aliphatic carbocycles. The van der Waals surface area contributed by atoms with Crippen molar-refractivity contribution >= 4 is 27.6 Å². The Labute approximate surface area is 127 Å². The summed E-state index contributed by atoms with van der Waals surface area (Å²) in [6, 6.07) is 3.74. The van der Waals surface area contributed by atoms with E-state index in [1.165, 1.54) is 12.1 Å². The third-order valence-electron chi connectivity index (χ3n) is 3.51. The fraction of sp³-hybridized carbons (Fsp3) is 0.462. The molecule has 1 aromatic rings. The van der Waals surface area contributed by atoms with Gasteiger partial charge in [-0.2, -0.15) is 4.31 Å². The second-order valence-corrected chi connectivity index (χ2v) is 7.56. The fourth-order valence-electron chi connectivity index (χ4n) is 2.50. The number of hydrogen-bond donors (Lipinski definition) is 1. The van der Waals surface area contributed by atoms with Crippen LogP contribution in [0.4, 0.5) is 4.39 Å². The van der Waals surface area contributed by atoms with Crippen molar-refractivity contribution in [2.75, 3.05) is 13.1 Å². The highest BCUT2D eigenvalue weighted by atomic mass is 35.5. The number of sulfonamides is 1. The van der Waals surface area contributed by atoms with Crippen LogP contribution in [0.2, 0.25) is 5.02 Å². The number of carbonyl (C=O) groups is 1. The first-order chi connectivity index (χ1) is 9.73. The molecule has 1 N–H and O–H groups in total. The standard InChI is InChI=1S/C13H15ClFNO4S/c1-8-5-9(13(17)18)7-16(6-8)21(19,20)11-4-2-3-10(14)12(11)15/h2-4,8-9H,5-7H2,1H3,(H,17,18). The van der Waals surface area contributed by atoms with Crippen LogP contribution in [0.5, 0.6) is 0 Å². The van der Waals surface area contributed by atoms with E-state index in [0.717, 1.165) is 10.4 Å². The number of benzene rings is 1. The number of carboxylic acids is 1. The van der Waals surface area contributed by atoms with Crippen molar-refractivity contribution in [1.29, 1.82) is 0 Å². The maximum atomic E-state index is 14.0. The first-order valence-electron chi connectivity index (χ1n) is 6.40. The minimum Gasteiger partial charge on any atom is -0.481 e. The van der Waals surface area contributed by atoms with Crippen LogP contribution in [0, 0.1) is 17.7 Å². The Morgan fingerprint density at radius 1 is 1.43 bits per heavy atom. The van der Waals surface area contributed by atoms with E-state index < -0.39 is 32.6 Å². The first-order valence-corrected chi connectivity index (χ1v) is 8.22. The highest BCUT2D eigenvalue weighted by molar-refractivity contribution is 7.89. The third-order valence-corrected chi connectivity index (χ3v) is 5.65. The number of nitrogens with zero attached hydrogens (tertiary/aromatic N) is 1. The normalized spacial score (nSPS) is 24.0. The highest BCUT2D eigenvalue weighted by Crippen LogP contribution is 2.30. The number of piperidine rings is 1. The van der Waals surface area contributed by atoms with Gasteiger partial charge in [-0.25, -0.2) is 12.8 Å². The number of halogens is 2. The molecular formula is C13H15ClFNO4S. The Morgan fingerprint density at radius 3 is 2.71 bits per heavy atom. The molecule has 2 unspecified atom stereocenters. The molecule has 2 atom stereocenters. The second-order valence-electron chi connectivity index (χ2n) is 5.25. The first kappa shape index (κ1) is 16.2. The molecule has 21 heavy (non-hydrogen) atoms. The predicted molar refractivity (Wildman–Crippen MR) is 75.1 cm³/mol. The molecule has 1 fully saturated rings. The second kappa shape index (κ2) is 5.90. The maximum absolute atomic E-state index is 14.0. The van der Waals surface area contributed by atoms with Gasteiger partial charge < -0.3 is 5.11 Å². The van der Waals surface area contributed by atoms with Gasteiger partial charge in [-0.1, -0.05) is 24.6 Å². The van der Waals surface area contributed by atoms with E-state index in [4.69, 9.17) is 16.7 Å². The molecule has 1 aromatic carbocycles. The summed E-state index contributed by atoms with van der Waals surface area (Å²) in [6.07, 6.45) is 0.402. The van der Waals surface area contributed by atoms with E-state index in [1.807, 2.05) is 0 Å². The van der Waals surface area contributed by atoms with E-state index >= 15 is 0 Å². The Kier molecular flexibility index (Phi) is 4.55. The molecule has 0 saturated carbocycles. The van der Waals surface area contributed by atoms with Crippen molar-refractivity contribution in [2.24, 2.45) is 11.8 Å². The molecule has 0 spiro atoms. The van der Waals surface area contributed by atoms with Gasteiger partial charge in [0.1, 0.15) is 4.90 Å². The van der Waals surface area contributed by atoms with E-state index in [9.17, 15) is 17.6 Å². The van der Waals surface area contributed by atoms with Crippen LogP contribution in [-0.2, 0) is 14.8 Å². The van der Waals surface area contributed by atoms with E-state index in [1.54, 1.807) is 6.92 Å². The molecule has 1 heterocycles. The van der Waals surface area contributed by atoms with Gasteiger partial charge >= 0.3 is 5.97 Å². The topological polar surface area (TPSA) is 74.7 Å². The van der Waals surface area contributed by atoms with Crippen molar-refractivity contribution in [3.05, 3.63) is 29.0 Å². The maximum Gasteiger partial charge on any atom is 0.307 e. The van der Waals surface area contributed by atoms with Gasteiger partial charge in [-0.15, -0.1) is 0 Å². The Balaban J connectivity index is 2.39. The SMILES string of the molecule is CC1CC(C(=O)O)CN(S(=O)(=O)c2cccc(Cl)c2F)C1. The van der Waals surface area contributed by atoms with E-state index in [2.05, 4.69) is 0 Å². The zero-order chi connectivity index (χ0) is 15.8. The lowest BCUT2D eigenvalue weighted by atomic mass is 9.92. The van der Waals surface area contributed by atoms with Gasteiger partial charge in [-0.3, -0.25) is 4.79 Å². The smallest absolute Gasteiger partial charge is 0.307 e. The molecule has 1 aliphatic heterocycles. The van der Waals surface area contributed by atoms with Crippen LogP contribution in [0.1, 0.15) is 13.3 Å². The molecular weight excluding hydrogens is 321 g/mol. The summed E-state index contributed by atoms with van der Waals surface area (Å²) in [5.74, 6) is -2.96. The summed E-state index contributed by atoms with van der Waals surface area (Å²) < 4.78 is 40.0. The number of carboxylic acid groups (broad SMARTS) is 1. The van der Waals surface area contributed by atoms with Crippen molar-refractivity contribution in [2.45, 2.75) is 18.2 Å². The van der Waals surface area contributed by atoms with E-state index in [0.29, 0.717) is 6.42 Å². The van der Waals surface area contributed by atoms with Gasteiger partial charge in [0.2, 0.25) is 10.0 Å². The summed E-state index contributed by atoms with van der Waals surface area (Å²) in [6.45, 7) is 1.78. The van der Waals surface area contributed by atoms with Crippen molar-refractivity contribution in [1.82, 2.24) is 4.31 Å². The number of hydrogen-bond acceptors (Lipinski definition) is 3. The Hall–Kier alpha value is -1.18. The molecule has 0 radical (unpaired) electrons. The third kappa shape index (κ3) is 3.20. The van der Waals surface area contributed by atoms with Crippen LogP contribution in [0.15, 0.2) is 23.1 Å². The van der Waals surface area contributed by atoms with Crippen LogP contribution in [-0.4, -0.2) is 36.9 Å². The average Bonchev–Trinajstić information content (AvgIpc) is 2.40. The zero-order valence-corrected chi connectivity index (χ0v) is 12.9. The molecule has 0 aromatic heterocycles. The lowest BCUT2D eigenvalue weighted by Gasteiger charge is -2.33. The predicted octanol–water partition coefficient (Wildman–Crippen LogP) is 2.21.